The van der Waals surface area contributed by atoms with Gasteiger partial charge in [0, 0.05) is 31.7 Å². The van der Waals surface area contributed by atoms with Gasteiger partial charge in [-0.2, -0.15) is 0 Å². The number of methoxy groups -OCH3 is 2. The molecule has 0 radical (unpaired) electrons. The first kappa shape index (κ1) is 23.1. The maximum Gasteiger partial charge on any atom is 0.255 e. The highest BCUT2D eigenvalue weighted by molar-refractivity contribution is 6.01. The van der Waals surface area contributed by atoms with Gasteiger partial charge in [-0.15, -0.1) is 0 Å². The van der Waals surface area contributed by atoms with Crippen LogP contribution in [0, 0.1) is 0 Å². The highest BCUT2D eigenvalue weighted by Crippen LogP contribution is 2.41. The highest BCUT2D eigenvalue weighted by atomic mass is 16.5. The summed E-state index contributed by atoms with van der Waals surface area (Å²) < 4.78 is 11.1. The number of benzene rings is 2. The van der Waals surface area contributed by atoms with Gasteiger partial charge in [-0.05, 0) is 24.1 Å². The number of nitrogens with one attached hydrogen (secondary N) is 1. The fraction of sp³-hybridized carbons (Fsp3) is 0.320. The monoisotopic (exact) mass is 437 g/mol. The topological polar surface area (TPSA) is 80.2 Å². The fourth-order valence-corrected chi connectivity index (χ4v) is 4.08. The molecule has 0 aromatic heterocycles. The molecule has 0 aliphatic carbocycles. The maximum absolute atomic E-state index is 13.2. The maximum atomic E-state index is 13.2. The summed E-state index contributed by atoms with van der Waals surface area (Å²) in [5.74, 6) is 1.41. The van der Waals surface area contributed by atoms with Crippen LogP contribution in [-0.4, -0.2) is 36.8 Å². The molecule has 2 amide bonds. The molecule has 2 aliphatic rings. The second-order valence-corrected chi connectivity index (χ2v) is 7.44. The Hall–Kier alpha value is -3.61. The summed E-state index contributed by atoms with van der Waals surface area (Å²) in [6, 6.07) is 12.5. The van der Waals surface area contributed by atoms with Crippen LogP contribution in [0.1, 0.15) is 55.6 Å². The summed E-state index contributed by atoms with van der Waals surface area (Å²) in [5, 5.41) is 2.89. The van der Waals surface area contributed by atoms with Gasteiger partial charge in [-0.3, -0.25) is 9.59 Å². The van der Waals surface area contributed by atoms with Gasteiger partial charge in [0.05, 0.1) is 26.7 Å². The Kier molecular flexibility index (Phi) is 7.30. The summed E-state index contributed by atoms with van der Waals surface area (Å²) in [6.07, 6.45) is 5.25. The van der Waals surface area contributed by atoms with Gasteiger partial charge >= 0.3 is 0 Å². The average Bonchev–Trinajstić information content (AvgIpc) is 3.14. The number of rotatable bonds is 6. The van der Waals surface area contributed by atoms with Gasteiger partial charge in [0.25, 0.3) is 5.91 Å². The molecule has 0 fully saturated rings. The van der Waals surface area contributed by atoms with Crippen LogP contribution >= 0.6 is 0 Å². The number of amidine groups is 1. The summed E-state index contributed by atoms with van der Waals surface area (Å²) in [4.78, 5) is 32.1. The van der Waals surface area contributed by atoms with E-state index >= 15 is 0 Å². The van der Waals surface area contributed by atoms with E-state index in [1.54, 1.807) is 31.4 Å². The Labute approximate surface area is 190 Å². The number of hydrogen-bond donors (Lipinski definition) is 1. The predicted molar refractivity (Wildman–Crippen MR) is 126 cm³/mol. The number of allylic oxidation sites excluding steroid dienone is 1. The van der Waals surface area contributed by atoms with E-state index in [1.807, 2.05) is 42.5 Å². The van der Waals surface area contributed by atoms with Crippen molar-refractivity contribution in [1.82, 2.24) is 10.2 Å². The van der Waals surface area contributed by atoms with Gasteiger partial charge < -0.3 is 19.7 Å². The van der Waals surface area contributed by atoms with Gasteiger partial charge in [-0.1, -0.05) is 43.8 Å². The smallest absolute Gasteiger partial charge is 0.255 e. The Morgan fingerprint density at radius 1 is 1.19 bits per heavy atom. The first-order valence-corrected chi connectivity index (χ1v) is 10.2. The molecular formula is C25H31N3O4. The lowest BCUT2D eigenvalue weighted by Gasteiger charge is -2.29. The number of para-hydroxylation sites is 1. The van der Waals surface area contributed by atoms with Crippen molar-refractivity contribution in [2.75, 3.05) is 14.2 Å². The summed E-state index contributed by atoms with van der Waals surface area (Å²) in [6.45, 7) is 0.428. The van der Waals surface area contributed by atoms with E-state index in [2.05, 4.69) is 10.3 Å². The minimum Gasteiger partial charge on any atom is -0.493 e. The van der Waals surface area contributed by atoms with Gasteiger partial charge in [0.15, 0.2) is 11.5 Å². The predicted octanol–water partition coefficient (Wildman–Crippen LogP) is 4.50. The SMILES string of the molecule is C.COc1cccc(C(CC(=O)NC2=NC=CCC2)N2Cc3ccccc3C2=O)c1OC.[HH]. The number of ether oxygens (including phenoxy) is 2. The minimum atomic E-state index is -0.523. The number of nitrogens with zero attached hydrogens (tertiary/aromatic N) is 2. The average molecular weight is 438 g/mol. The number of amides is 2. The van der Waals surface area contributed by atoms with Crippen molar-refractivity contribution in [1.29, 1.82) is 0 Å². The van der Waals surface area contributed by atoms with Crippen molar-refractivity contribution in [3.63, 3.8) is 0 Å². The molecule has 0 bridgehead atoms. The van der Waals surface area contributed by atoms with Crippen LogP contribution in [0.2, 0.25) is 0 Å². The van der Waals surface area contributed by atoms with E-state index in [1.165, 1.54) is 0 Å². The van der Waals surface area contributed by atoms with Crippen molar-refractivity contribution in [3.05, 3.63) is 71.4 Å². The number of aliphatic imine (C=N–C) groups is 1. The number of hydrogen-bond acceptors (Lipinski definition) is 5. The van der Waals surface area contributed by atoms with Crippen LogP contribution in [0.15, 0.2) is 59.7 Å². The van der Waals surface area contributed by atoms with E-state index in [4.69, 9.17) is 9.47 Å². The molecule has 1 unspecified atom stereocenters. The van der Waals surface area contributed by atoms with Crippen molar-refractivity contribution in [2.24, 2.45) is 4.99 Å². The third-order valence-electron chi connectivity index (χ3n) is 5.56. The molecule has 7 nitrogen and oxygen atoms in total. The molecule has 7 heteroatoms. The lowest BCUT2D eigenvalue weighted by Crippen LogP contribution is -2.37. The van der Waals surface area contributed by atoms with E-state index < -0.39 is 6.04 Å². The van der Waals surface area contributed by atoms with Crippen molar-refractivity contribution >= 4 is 17.6 Å². The summed E-state index contributed by atoms with van der Waals surface area (Å²) in [5.41, 5.74) is 2.33. The zero-order valence-corrected chi connectivity index (χ0v) is 17.6. The molecule has 4 rings (SSSR count). The standard InChI is InChI=1S/C24H25N3O4.CH4.H2/c1-30-20-11-7-10-18(23(20)31-2)19(14-22(28)26-21-12-5-6-13-25-21)27-15-16-8-3-4-9-17(16)24(27)29;;/h3-4,6-11,13,19H,5,12,14-15H2,1-2H3,(H,25,26,28);1H4;1H. The molecule has 2 aromatic carbocycles. The van der Waals surface area contributed by atoms with E-state index in [-0.39, 0.29) is 27.1 Å². The van der Waals surface area contributed by atoms with Crippen LogP contribution in [0.3, 0.4) is 0 Å². The molecule has 1 N–H and O–H groups in total. The van der Waals surface area contributed by atoms with Gasteiger partial charge in [-0.25, -0.2) is 4.99 Å². The molecule has 0 spiro atoms. The molecule has 2 heterocycles. The zero-order valence-electron chi connectivity index (χ0n) is 17.6. The lowest BCUT2D eigenvalue weighted by molar-refractivity contribution is -0.120. The third kappa shape index (κ3) is 4.51. The first-order valence-electron chi connectivity index (χ1n) is 10.2. The molecule has 2 aliphatic heterocycles. The Balaban J connectivity index is 0.00000193. The van der Waals surface area contributed by atoms with Gasteiger partial charge in [0.1, 0.15) is 5.84 Å². The second kappa shape index (κ2) is 10.1. The van der Waals surface area contributed by atoms with Crippen molar-refractivity contribution < 1.29 is 20.5 Å². The van der Waals surface area contributed by atoms with Crippen LogP contribution in [0.5, 0.6) is 11.5 Å². The van der Waals surface area contributed by atoms with Crippen molar-refractivity contribution in [2.45, 2.75) is 39.3 Å². The third-order valence-corrected chi connectivity index (χ3v) is 5.56. The highest BCUT2D eigenvalue weighted by Gasteiger charge is 2.36. The molecular weight excluding hydrogens is 406 g/mol. The molecule has 32 heavy (non-hydrogen) atoms. The largest absolute Gasteiger partial charge is 0.493 e. The van der Waals surface area contributed by atoms with E-state index in [0.29, 0.717) is 35.9 Å². The van der Waals surface area contributed by atoms with Crippen LogP contribution in [0.25, 0.3) is 0 Å². The molecule has 2 aromatic rings. The number of fused-ring (bicyclic) bond motifs is 1. The van der Waals surface area contributed by atoms with Crippen molar-refractivity contribution in [3.8, 4) is 11.5 Å². The normalized spacial score (nSPS) is 15.4. The fourth-order valence-electron chi connectivity index (χ4n) is 4.08. The number of carbonyl (C=O) groups excluding carboxylic acids is 2. The van der Waals surface area contributed by atoms with Crippen LogP contribution in [-0.2, 0) is 11.3 Å². The lowest BCUT2D eigenvalue weighted by atomic mass is 9.99. The quantitative estimate of drug-likeness (QED) is 0.722. The molecule has 170 valence electrons. The van der Waals surface area contributed by atoms with Gasteiger partial charge in [0.2, 0.25) is 5.91 Å². The van der Waals surface area contributed by atoms with Crippen LogP contribution < -0.4 is 14.8 Å². The second-order valence-electron chi connectivity index (χ2n) is 7.44. The molecule has 0 saturated heterocycles. The Morgan fingerprint density at radius 3 is 2.69 bits per heavy atom. The Morgan fingerprint density at radius 2 is 2.00 bits per heavy atom. The van der Waals surface area contributed by atoms with E-state index in [0.717, 1.165) is 17.5 Å². The zero-order chi connectivity index (χ0) is 21.8. The summed E-state index contributed by atoms with van der Waals surface area (Å²) in [7, 11) is 3.12. The number of carbonyl (C=O) groups is 2. The summed E-state index contributed by atoms with van der Waals surface area (Å²) >= 11 is 0. The van der Waals surface area contributed by atoms with Crippen LogP contribution in [0.4, 0.5) is 0 Å². The molecule has 1 atom stereocenters. The Bertz CT molecular complexity index is 1070. The first-order chi connectivity index (χ1) is 15.1. The van der Waals surface area contributed by atoms with E-state index in [9.17, 15) is 9.59 Å². The minimum absolute atomic E-state index is 0. The molecule has 0 saturated carbocycles.